The van der Waals surface area contributed by atoms with Crippen LogP contribution in [0.4, 0.5) is 5.69 Å². The van der Waals surface area contributed by atoms with Crippen LogP contribution in [0.15, 0.2) is 46.9 Å². The zero-order valence-corrected chi connectivity index (χ0v) is 12.8. The van der Waals surface area contributed by atoms with Gasteiger partial charge < -0.3 is 10.1 Å². The Bertz CT molecular complexity index is 554. The summed E-state index contributed by atoms with van der Waals surface area (Å²) < 4.78 is 6.75. The first kappa shape index (κ1) is 13.9. The van der Waals surface area contributed by atoms with Crippen LogP contribution in [0.2, 0.25) is 0 Å². The van der Waals surface area contributed by atoms with Gasteiger partial charge in [-0.25, -0.2) is 0 Å². The van der Waals surface area contributed by atoms with Crippen LogP contribution in [0.5, 0.6) is 5.75 Å². The molecule has 0 amide bonds. The molecule has 2 aromatic carbocycles. The molecule has 3 heteroatoms. The summed E-state index contributed by atoms with van der Waals surface area (Å²) in [6.45, 7) is 5.55. The Labute approximate surface area is 122 Å². The molecule has 19 heavy (non-hydrogen) atoms. The van der Waals surface area contributed by atoms with Crippen molar-refractivity contribution >= 4 is 21.6 Å². The van der Waals surface area contributed by atoms with Gasteiger partial charge in [-0.1, -0.05) is 40.2 Å². The van der Waals surface area contributed by atoms with Crippen molar-refractivity contribution in [2.45, 2.75) is 20.4 Å². The van der Waals surface area contributed by atoms with E-state index in [9.17, 15) is 0 Å². The number of benzene rings is 2. The summed E-state index contributed by atoms with van der Waals surface area (Å²) in [4.78, 5) is 0. The van der Waals surface area contributed by atoms with E-state index in [1.54, 1.807) is 0 Å². The lowest BCUT2D eigenvalue weighted by Crippen LogP contribution is -2.04. The van der Waals surface area contributed by atoms with Crippen molar-refractivity contribution in [1.29, 1.82) is 0 Å². The van der Waals surface area contributed by atoms with Crippen LogP contribution in [0.1, 0.15) is 18.1 Å². The Kier molecular flexibility index (Phi) is 4.86. The van der Waals surface area contributed by atoms with Crippen LogP contribution >= 0.6 is 15.9 Å². The maximum absolute atomic E-state index is 5.63. The van der Waals surface area contributed by atoms with Gasteiger partial charge in [0.15, 0.2) is 0 Å². The number of ether oxygens (including phenoxy) is 1. The van der Waals surface area contributed by atoms with Gasteiger partial charge in [-0.3, -0.25) is 0 Å². The van der Waals surface area contributed by atoms with E-state index in [-0.39, 0.29) is 0 Å². The molecule has 0 aliphatic rings. The number of hydrogen-bond acceptors (Lipinski definition) is 2. The van der Waals surface area contributed by atoms with Crippen molar-refractivity contribution in [2.24, 2.45) is 0 Å². The minimum Gasteiger partial charge on any atom is -0.494 e. The number of halogens is 1. The third-order valence-electron chi connectivity index (χ3n) is 3.01. The second-order valence-corrected chi connectivity index (χ2v) is 5.16. The number of anilines is 1. The van der Waals surface area contributed by atoms with E-state index in [1.807, 2.05) is 31.2 Å². The van der Waals surface area contributed by atoms with Gasteiger partial charge in [0.25, 0.3) is 0 Å². The van der Waals surface area contributed by atoms with Gasteiger partial charge >= 0.3 is 0 Å². The molecule has 0 unspecified atom stereocenters. The van der Waals surface area contributed by atoms with Crippen LogP contribution in [0, 0.1) is 6.92 Å². The molecule has 0 fully saturated rings. The van der Waals surface area contributed by atoms with Crippen molar-refractivity contribution in [1.82, 2.24) is 0 Å². The molecule has 0 saturated heterocycles. The average Bonchev–Trinajstić information content (AvgIpc) is 2.42. The first-order chi connectivity index (χ1) is 9.22. The number of hydrogen-bond donors (Lipinski definition) is 1. The third-order valence-corrected chi connectivity index (χ3v) is 3.87. The lowest BCUT2D eigenvalue weighted by molar-refractivity contribution is 0.337. The molecular weight excluding hydrogens is 302 g/mol. The van der Waals surface area contributed by atoms with Gasteiger partial charge in [-0.05, 0) is 37.6 Å². The highest BCUT2D eigenvalue weighted by Gasteiger charge is 2.04. The molecular formula is C16H18BrNO. The molecule has 0 aromatic heterocycles. The Morgan fingerprint density at radius 2 is 1.89 bits per heavy atom. The summed E-state index contributed by atoms with van der Waals surface area (Å²) in [5.74, 6) is 0.949. The van der Waals surface area contributed by atoms with E-state index in [4.69, 9.17) is 4.74 Å². The third kappa shape index (κ3) is 3.51. The zero-order chi connectivity index (χ0) is 13.7. The second-order valence-electron chi connectivity index (χ2n) is 4.31. The molecule has 0 heterocycles. The van der Waals surface area contributed by atoms with Crippen LogP contribution in [0.3, 0.4) is 0 Å². The fourth-order valence-corrected chi connectivity index (χ4v) is 2.30. The van der Waals surface area contributed by atoms with Crippen molar-refractivity contribution < 1.29 is 4.74 Å². The molecule has 0 aliphatic carbocycles. The van der Waals surface area contributed by atoms with E-state index < -0.39 is 0 Å². The number of para-hydroxylation sites is 1. The minimum absolute atomic E-state index is 0.687. The van der Waals surface area contributed by atoms with Crippen molar-refractivity contribution in [3.63, 3.8) is 0 Å². The highest BCUT2D eigenvalue weighted by molar-refractivity contribution is 9.10. The van der Waals surface area contributed by atoms with Crippen LogP contribution in [-0.2, 0) is 6.54 Å². The Morgan fingerprint density at radius 1 is 1.11 bits per heavy atom. The first-order valence-corrected chi connectivity index (χ1v) is 7.21. The minimum atomic E-state index is 0.687. The SMILES string of the molecule is CCOc1ccccc1CNc1cccc(Br)c1C. The van der Waals surface area contributed by atoms with Gasteiger partial charge in [-0.2, -0.15) is 0 Å². The monoisotopic (exact) mass is 319 g/mol. The number of nitrogens with one attached hydrogen (secondary N) is 1. The van der Waals surface area contributed by atoms with E-state index in [1.165, 1.54) is 11.1 Å². The molecule has 0 bridgehead atoms. The molecule has 1 N–H and O–H groups in total. The maximum atomic E-state index is 5.63. The van der Waals surface area contributed by atoms with Gasteiger partial charge in [0.2, 0.25) is 0 Å². The van der Waals surface area contributed by atoms with Crippen molar-refractivity contribution in [3.05, 3.63) is 58.1 Å². The van der Waals surface area contributed by atoms with Crippen LogP contribution in [-0.4, -0.2) is 6.61 Å². The Hall–Kier alpha value is -1.48. The van der Waals surface area contributed by atoms with E-state index >= 15 is 0 Å². The van der Waals surface area contributed by atoms with Crippen LogP contribution in [0.25, 0.3) is 0 Å². The molecule has 0 atom stereocenters. The Balaban J connectivity index is 2.12. The molecule has 0 radical (unpaired) electrons. The molecule has 0 spiro atoms. The quantitative estimate of drug-likeness (QED) is 0.857. The molecule has 2 aromatic rings. The molecule has 0 aliphatic heterocycles. The van der Waals surface area contributed by atoms with E-state index in [2.05, 4.69) is 46.4 Å². The Morgan fingerprint density at radius 3 is 2.68 bits per heavy atom. The fraction of sp³-hybridized carbons (Fsp3) is 0.250. The summed E-state index contributed by atoms with van der Waals surface area (Å²) in [6, 6.07) is 14.3. The highest BCUT2D eigenvalue weighted by Crippen LogP contribution is 2.25. The highest BCUT2D eigenvalue weighted by atomic mass is 79.9. The normalized spacial score (nSPS) is 10.3. The van der Waals surface area contributed by atoms with Gasteiger partial charge in [0, 0.05) is 22.3 Å². The van der Waals surface area contributed by atoms with Gasteiger partial charge in [-0.15, -0.1) is 0 Å². The maximum Gasteiger partial charge on any atom is 0.124 e. The van der Waals surface area contributed by atoms with Gasteiger partial charge in [0.1, 0.15) is 5.75 Å². The molecule has 2 rings (SSSR count). The molecule has 100 valence electrons. The molecule has 2 nitrogen and oxygen atoms in total. The van der Waals surface area contributed by atoms with E-state index in [0.717, 1.165) is 22.5 Å². The summed E-state index contributed by atoms with van der Waals surface area (Å²) in [6.07, 6.45) is 0. The second kappa shape index (κ2) is 6.62. The lowest BCUT2D eigenvalue weighted by atomic mass is 10.1. The zero-order valence-electron chi connectivity index (χ0n) is 11.2. The largest absolute Gasteiger partial charge is 0.494 e. The smallest absolute Gasteiger partial charge is 0.124 e. The summed E-state index contributed by atoms with van der Waals surface area (Å²) in [7, 11) is 0. The van der Waals surface area contributed by atoms with E-state index in [0.29, 0.717) is 6.61 Å². The number of rotatable bonds is 5. The summed E-state index contributed by atoms with van der Waals surface area (Å²) in [5, 5.41) is 3.46. The van der Waals surface area contributed by atoms with Crippen molar-refractivity contribution in [3.8, 4) is 5.75 Å². The summed E-state index contributed by atoms with van der Waals surface area (Å²) in [5.41, 5.74) is 3.53. The van der Waals surface area contributed by atoms with Crippen LogP contribution < -0.4 is 10.1 Å². The lowest BCUT2D eigenvalue weighted by Gasteiger charge is -2.13. The standard InChI is InChI=1S/C16H18BrNO/c1-3-19-16-10-5-4-7-13(16)11-18-15-9-6-8-14(17)12(15)2/h4-10,18H,3,11H2,1-2H3. The molecule has 0 saturated carbocycles. The predicted molar refractivity (Wildman–Crippen MR) is 83.8 cm³/mol. The topological polar surface area (TPSA) is 21.3 Å². The first-order valence-electron chi connectivity index (χ1n) is 6.42. The summed E-state index contributed by atoms with van der Waals surface area (Å²) >= 11 is 3.55. The van der Waals surface area contributed by atoms with Crippen molar-refractivity contribution in [2.75, 3.05) is 11.9 Å². The average molecular weight is 320 g/mol. The van der Waals surface area contributed by atoms with Gasteiger partial charge in [0.05, 0.1) is 6.61 Å². The fourth-order valence-electron chi connectivity index (χ4n) is 1.94. The predicted octanol–water partition coefficient (Wildman–Crippen LogP) is 4.77.